The second-order valence-electron chi connectivity index (χ2n) is 9.18. The van der Waals surface area contributed by atoms with Crippen LogP contribution in [0.5, 0.6) is 0 Å². The van der Waals surface area contributed by atoms with E-state index in [0.29, 0.717) is 0 Å². The quantitative estimate of drug-likeness (QED) is 0.219. The Labute approximate surface area is 227 Å². The minimum absolute atomic E-state index is 0.930. The number of halogens is 1. The highest BCUT2D eigenvalue weighted by molar-refractivity contribution is 9.10. The molecule has 4 aromatic carbocycles. The van der Waals surface area contributed by atoms with Crippen molar-refractivity contribution in [1.82, 2.24) is 27.9 Å². The zero-order chi connectivity index (χ0) is 25.6. The minimum Gasteiger partial charge on any atom is -0.286 e. The van der Waals surface area contributed by atoms with Crippen LogP contribution in [-0.4, -0.2) is 27.9 Å². The van der Waals surface area contributed by atoms with E-state index in [0.717, 1.165) is 38.4 Å². The number of hydrogen-bond acceptors (Lipinski definition) is 2. The first-order valence-electron chi connectivity index (χ1n) is 12.4. The second-order valence-corrected chi connectivity index (χ2v) is 10.1. The van der Waals surface area contributed by atoms with Crippen LogP contribution >= 0.6 is 15.9 Å². The number of aromatic nitrogens is 6. The van der Waals surface area contributed by atoms with Gasteiger partial charge in [0.1, 0.15) is 0 Å². The molecule has 0 atom stereocenters. The maximum Gasteiger partial charge on any atom is 0.219 e. The van der Waals surface area contributed by atoms with Gasteiger partial charge in [0.25, 0.3) is 0 Å². The molecule has 0 radical (unpaired) electrons. The van der Waals surface area contributed by atoms with Gasteiger partial charge in [0.2, 0.25) is 11.6 Å². The average Bonchev–Trinajstić information content (AvgIpc) is 3.69. The number of hydrogen-bond donors (Lipinski definition) is 0. The Bertz CT molecular complexity index is 2070. The van der Waals surface area contributed by atoms with Gasteiger partial charge in [0, 0.05) is 40.6 Å². The van der Waals surface area contributed by atoms with E-state index in [-0.39, 0.29) is 0 Å². The molecule has 0 N–H and O–H groups in total. The Hall–Kier alpha value is -4.62. The molecule has 8 aromatic rings. The average molecular weight is 559 g/mol. The summed E-state index contributed by atoms with van der Waals surface area (Å²) >= 11 is 3.51. The van der Waals surface area contributed by atoms with Crippen molar-refractivity contribution in [2.75, 3.05) is 0 Å². The SMILES string of the molecule is Brc1cccc(-n2ccn3c4ccccc4nc23)c1.Cc1cccc(-n2c3ccccc3n3ccnc23)c1. The van der Waals surface area contributed by atoms with Crippen LogP contribution in [-0.2, 0) is 0 Å². The Morgan fingerprint density at radius 3 is 2.21 bits per heavy atom. The second kappa shape index (κ2) is 9.04. The van der Waals surface area contributed by atoms with Gasteiger partial charge < -0.3 is 0 Å². The molecule has 7 heteroatoms. The molecule has 0 amide bonds. The van der Waals surface area contributed by atoms with E-state index in [4.69, 9.17) is 4.98 Å². The molecule has 4 heterocycles. The summed E-state index contributed by atoms with van der Waals surface area (Å²) in [4.78, 5) is 9.18. The van der Waals surface area contributed by atoms with Crippen LogP contribution < -0.4 is 0 Å². The topological polar surface area (TPSA) is 44.5 Å². The molecule has 38 heavy (non-hydrogen) atoms. The summed E-state index contributed by atoms with van der Waals surface area (Å²) in [5.41, 5.74) is 8.00. The van der Waals surface area contributed by atoms with Crippen molar-refractivity contribution in [1.29, 1.82) is 0 Å². The zero-order valence-corrected chi connectivity index (χ0v) is 22.2. The summed E-state index contributed by atoms with van der Waals surface area (Å²) in [5.74, 6) is 1.88. The molecule has 0 aliphatic carbocycles. The third-order valence-corrected chi connectivity index (χ3v) is 7.20. The Morgan fingerprint density at radius 1 is 0.632 bits per heavy atom. The van der Waals surface area contributed by atoms with Crippen molar-refractivity contribution in [3.63, 3.8) is 0 Å². The summed E-state index contributed by atoms with van der Waals surface area (Å²) in [6, 6.07) is 33.2. The number of aryl methyl sites for hydroxylation is 1. The molecule has 0 aliphatic rings. The van der Waals surface area contributed by atoms with Crippen LogP contribution in [0.1, 0.15) is 5.56 Å². The van der Waals surface area contributed by atoms with E-state index in [1.54, 1.807) is 0 Å². The maximum atomic E-state index is 4.69. The fourth-order valence-electron chi connectivity index (χ4n) is 5.01. The van der Waals surface area contributed by atoms with E-state index >= 15 is 0 Å². The normalized spacial score (nSPS) is 11.4. The number of fused-ring (bicyclic) bond motifs is 6. The molecule has 184 valence electrons. The van der Waals surface area contributed by atoms with Gasteiger partial charge in [-0.3, -0.25) is 17.9 Å². The number of nitrogens with zero attached hydrogens (tertiary/aromatic N) is 6. The molecular formula is C31H23BrN6. The van der Waals surface area contributed by atoms with E-state index in [1.807, 2.05) is 55.1 Å². The first-order valence-corrected chi connectivity index (χ1v) is 13.2. The van der Waals surface area contributed by atoms with Crippen LogP contribution in [0.15, 0.2) is 126 Å². The van der Waals surface area contributed by atoms with E-state index < -0.39 is 0 Å². The van der Waals surface area contributed by atoms with Gasteiger partial charge in [0.05, 0.1) is 22.1 Å². The van der Waals surface area contributed by atoms with Crippen LogP contribution in [0.2, 0.25) is 0 Å². The highest BCUT2D eigenvalue weighted by Crippen LogP contribution is 2.25. The summed E-state index contributed by atoms with van der Waals surface area (Å²) in [6.45, 7) is 2.11. The maximum absolute atomic E-state index is 4.69. The standard InChI is InChI=1S/C16H13N3.C15H10BrN3/c1-12-5-4-6-13(11-12)19-15-8-3-2-7-14(15)18-10-9-17-16(18)19;16-11-4-3-5-12(10-11)18-8-9-19-14-7-2-1-6-13(14)17-15(18)19/h2-11H,1H3;1-10H. The first-order chi connectivity index (χ1) is 18.7. The predicted octanol–water partition coefficient (Wildman–Crippen LogP) is 7.63. The van der Waals surface area contributed by atoms with Crippen LogP contribution in [0.4, 0.5) is 0 Å². The van der Waals surface area contributed by atoms with Gasteiger partial charge in [0.15, 0.2) is 0 Å². The molecule has 0 unspecified atom stereocenters. The van der Waals surface area contributed by atoms with Crippen molar-refractivity contribution < 1.29 is 0 Å². The lowest BCUT2D eigenvalue weighted by Gasteiger charge is -2.05. The zero-order valence-electron chi connectivity index (χ0n) is 20.6. The van der Waals surface area contributed by atoms with E-state index in [1.165, 1.54) is 16.6 Å². The highest BCUT2D eigenvalue weighted by Gasteiger charge is 2.12. The van der Waals surface area contributed by atoms with Gasteiger partial charge in [-0.1, -0.05) is 58.4 Å². The van der Waals surface area contributed by atoms with Gasteiger partial charge in [-0.15, -0.1) is 0 Å². The van der Waals surface area contributed by atoms with Crippen molar-refractivity contribution in [3.05, 3.63) is 132 Å². The van der Waals surface area contributed by atoms with E-state index in [9.17, 15) is 0 Å². The Morgan fingerprint density at radius 2 is 1.37 bits per heavy atom. The highest BCUT2D eigenvalue weighted by atomic mass is 79.9. The van der Waals surface area contributed by atoms with E-state index in [2.05, 4.69) is 113 Å². The molecule has 0 saturated heterocycles. The lowest BCUT2D eigenvalue weighted by Crippen LogP contribution is -1.95. The number of para-hydroxylation sites is 4. The van der Waals surface area contributed by atoms with Gasteiger partial charge in [-0.05, 0) is 67.1 Å². The molecular weight excluding hydrogens is 536 g/mol. The largest absolute Gasteiger partial charge is 0.286 e. The summed E-state index contributed by atoms with van der Waals surface area (Å²) < 4.78 is 9.58. The molecule has 0 spiro atoms. The van der Waals surface area contributed by atoms with Gasteiger partial charge in [-0.25, -0.2) is 9.97 Å². The monoisotopic (exact) mass is 558 g/mol. The van der Waals surface area contributed by atoms with Crippen molar-refractivity contribution in [3.8, 4) is 11.4 Å². The van der Waals surface area contributed by atoms with Crippen LogP contribution in [0.3, 0.4) is 0 Å². The molecule has 0 aliphatic heterocycles. The van der Waals surface area contributed by atoms with Crippen LogP contribution in [0, 0.1) is 6.92 Å². The Kier molecular flexibility index (Phi) is 5.37. The molecule has 0 saturated carbocycles. The molecule has 0 fully saturated rings. The van der Waals surface area contributed by atoms with Gasteiger partial charge >= 0.3 is 0 Å². The van der Waals surface area contributed by atoms with Gasteiger partial charge in [-0.2, -0.15) is 0 Å². The fourth-order valence-corrected chi connectivity index (χ4v) is 5.40. The molecule has 8 rings (SSSR count). The van der Waals surface area contributed by atoms with Crippen molar-refractivity contribution in [2.45, 2.75) is 6.92 Å². The summed E-state index contributed by atoms with van der Waals surface area (Å²) in [6.07, 6.45) is 7.93. The minimum atomic E-state index is 0.930. The van der Waals surface area contributed by atoms with Crippen molar-refractivity contribution in [2.24, 2.45) is 0 Å². The number of imidazole rings is 4. The molecule has 6 nitrogen and oxygen atoms in total. The predicted molar refractivity (Wildman–Crippen MR) is 156 cm³/mol. The Balaban J connectivity index is 0.000000127. The van der Waals surface area contributed by atoms with Crippen molar-refractivity contribution >= 4 is 49.6 Å². The molecule has 4 aromatic heterocycles. The lowest BCUT2D eigenvalue weighted by molar-refractivity contribution is 1.08. The third-order valence-electron chi connectivity index (χ3n) is 6.71. The summed E-state index contributed by atoms with van der Waals surface area (Å²) in [5, 5.41) is 0. The smallest absolute Gasteiger partial charge is 0.219 e. The lowest BCUT2D eigenvalue weighted by atomic mass is 10.2. The number of rotatable bonds is 2. The first kappa shape index (κ1) is 22.6. The number of benzene rings is 4. The summed E-state index contributed by atoms with van der Waals surface area (Å²) in [7, 11) is 0. The fraction of sp³-hybridized carbons (Fsp3) is 0.0323. The third kappa shape index (κ3) is 3.71. The van der Waals surface area contributed by atoms with Crippen LogP contribution in [0.25, 0.3) is 45.0 Å². The molecule has 0 bridgehead atoms.